The highest BCUT2D eigenvalue weighted by Crippen LogP contribution is 2.25. The maximum Gasteiger partial charge on any atom is 0.238 e. The molecule has 1 atom stereocenters. The van der Waals surface area contributed by atoms with E-state index in [1.54, 1.807) is 18.4 Å². The lowest BCUT2D eigenvalue weighted by Gasteiger charge is -2.36. The van der Waals surface area contributed by atoms with E-state index in [0.29, 0.717) is 48.4 Å². The molecule has 0 spiro atoms. The number of halogens is 1. The molecule has 1 aliphatic heterocycles. The molecule has 0 aliphatic carbocycles. The number of furan rings is 1. The zero-order valence-corrected chi connectivity index (χ0v) is 15.4. The van der Waals surface area contributed by atoms with Gasteiger partial charge >= 0.3 is 0 Å². The molecule has 0 saturated carbocycles. The third-order valence-corrected chi connectivity index (χ3v) is 4.79. The molecule has 1 unspecified atom stereocenters. The van der Waals surface area contributed by atoms with Crippen molar-refractivity contribution in [3.05, 3.63) is 59.1 Å². The SMILES string of the molecule is O=C(CCc1nc(-c2ccco2)no1)N1CCNCC1c1cccc(Cl)c1. The van der Waals surface area contributed by atoms with E-state index in [0.717, 1.165) is 12.1 Å². The third-order valence-electron chi connectivity index (χ3n) is 4.56. The molecule has 1 aliphatic rings. The number of aromatic nitrogens is 2. The van der Waals surface area contributed by atoms with Crippen molar-refractivity contribution in [1.82, 2.24) is 20.4 Å². The van der Waals surface area contributed by atoms with E-state index in [1.807, 2.05) is 29.2 Å². The summed E-state index contributed by atoms with van der Waals surface area (Å²) < 4.78 is 10.5. The first-order valence-electron chi connectivity index (χ1n) is 8.83. The summed E-state index contributed by atoms with van der Waals surface area (Å²) in [6.07, 6.45) is 2.24. The lowest BCUT2D eigenvalue weighted by Crippen LogP contribution is -2.48. The Hall–Kier alpha value is -2.64. The van der Waals surface area contributed by atoms with Crippen LogP contribution in [0.25, 0.3) is 11.6 Å². The molecule has 0 bridgehead atoms. The monoisotopic (exact) mass is 386 g/mol. The van der Waals surface area contributed by atoms with E-state index < -0.39 is 0 Å². The van der Waals surface area contributed by atoms with E-state index >= 15 is 0 Å². The maximum absolute atomic E-state index is 12.8. The summed E-state index contributed by atoms with van der Waals surface area (Å²) in [5.74, 6) is 1.41. The van der Waals surface area contributed by atoms with Gasteiger partial charge in [-0.25, -0.2) is 0 Å². The number of nitrogens with one attached hydrogen (secondary N) is 1. The Balaban J connectivity index is 1.42. The molecular formula is C19H19ClN4O3. The fourth-order valence-corrected chi connectivity index (χ4v) is 3.43. The Bertz CT molecular complexity index is 909. The van der Waals surface area contributed by atoms with Gasteiger partial charge in [-0.05, 0) is 29.8 Å². The van der Waals surface area contributed by atoms with E-state index in [1.165, 1.54) is 0 Å². The molecule has 1 amide bonds. The topological polar surface area (TPSA) is 84.4 Å². The molecular weight excluding hydrogens is 368 g/mol. The Kier molecular flexibility index (Phi) is 5.22. The molecule has 140 valence electrons. The van der Waals surface area contributed by atoms with Crippen LogP contribution in [0.2, 0.25) is 5.02 Å². The second kappa shape index (κ2) is 7.94. The van der Waals surface area contributed by atoms with Gasteiger partial charge in [0.1, 0.15) is 0 Å². The van der Waals surface area contributed by atoms with E-state index in [-0.39, 0.29) is 11.9 Å². The molecule has 1 saturated heterocycles. The van der Waals surface area contributed by atoms with Crippen LogP contribution in [-0.4, -0.2) is 40.6 Å². The van der Waals surface area contributed by atoms with Gasteiger partial charge in [-0.15, -0.1) is 0 Å². The van der Waals surface area contributed by atoms with Crippen molar-refractivity contribution >= 4 is 17.5 Å². The zero-order chi connectivity index (χ0) is 18.6. The standard InChI is InChI=1S/C19H19ClN4O3/c20-14-4-1-3-13(11-14)15-12-21-8-9-24(15)18(25)7-6-17-22-19(23-27-17)16-5-2-10-26-16/h1-5,10-11,15,21H,6-9,12H2. The maximum atomic E-state index is 12.8. The minimum absolute atomic E-state index is 0.0358. The van der Waals surface area contributed by atoms with Gasteiger partial charge in [-0.1, -0.05) is 28.9 Å². The van der Waals surface area contributed by atoms with E-state index in [2.05, 4.69) is 15.5 Å². The van der Waals surface area contributed by atoms with Crippen LogP contribution >= 0.6 is 11.6 Å². The van der Waals surface area contributed by atoms with Crippen molar-refractivity contribution in [2.75, 3.05) is 19.6 Å². The van der Waals surface area contributed by atoms with Gasteiger partial charge in [0.15, 0.2) is 5.76 Å². The molecule has 3 aromatic rings. The van der Waals surface area contributed by atoms with Crippen molar-refractivity contribution in [2.45, 2.75) is 18.9 Å². The van der Waals surface area contributed by atoms with Gasteiger partial charge in [-0.2, -0.15) is 4.98 Å². The number of aryl methyl sites for hydroxylation is 1. The Labute approximate surface area is 161 Å². The van der Waals surface area contributed by atoms with Crippen molar-refractivity contribution in [3.63, 3.8) is 0 Å². The van der Waals surface area contributed by atoms with Gasteiger partial charge in [0.05, 0.1) is 12.3 Å². The number of carbonyl (C=O) groups is 1. The largest absolute Gasteiger partial charge is 0.461 e. The third kappa shape index (κ3) is 4.04. The average molecular weight is 387 g/mol. The van der Waals surface area contributed by atoms with Gasteiger partial charge in [0.25, 0.3) is 0 Å². The smallest absolute Gasteiger partial charge is 0.238 e. The molecule has 3 heterocycles. The molecule has 1 N–H and O–H groups in total. The lowest BCUT2D eigenvalue weighted by molar-refractivity contribution is -0.134. The van der Waals surface area contributed by atoms with Crippen molar-refractivity contribution in [1.29, 1.82) is 0 Å². The highest BCUT2D eigenvalue weighted by Gasteiger charge is 2.28. The molecule has 8 heteroatoms. The Morgan fingerprint density at radius 3 is 3.07 bits per heavy atom. The molecule has 2 aromatic heterocycles. The van der Waals surface area contributed by atoms with Crippen LogP contribution in [0.5, 0.6) is 0 Å². The minimum atomic E-state index is -0.0358. The molecule has 7 nitrogen and oxygen atoms in total. The fraction of sp³-hybridized carbons (Fsp3) is 0.316. The predicted molar refractivity (Wildman–Crippen MR) is 99.1 cm³/mol. The summed E-state index contributed by atoms with van der Waals surface area (Å²) in [5.41, 5.74) is 1.03. The number of amides is 1. The summed E-state index contributed by atoms with van der Waals surface area (Å²) in [4.78, 5) is 19.0. The van der Waals surface area contributed by atoms with Gasteiger partial charge < -0.3 is 19.2 Å². The van der Waals surface area contributed by atoms with Gasteiger partial charge in [0, 0.05) is 37.5 Å². The molecule has 27 heavy (non-hydrogen) atoms. The van der Waals surface area contributed by atoms with Crippen LogP contribution < -0.4 is 5.32 Å². The van der Waals surface area contributed by atoms with E-state index in [4.69, 9.17) is 20.5 Å². The number of piperazine rings is 1. The molecule has 4 rings (SSSR count). The van der Waals surface area contributed by atoms with Crippen LogP contribution in [-0.2, 0) is 11.2 Å². The lowest BCUT2D eigenvalue weighted by atomic mass is 10.0. The number of nitrogens with zero attached hydrogens (tertiary/aromatic N) is 3. The van der Waals surface area contributed by atoms with Crippen molar-refractivity contribution in [2.24, 2.45) is 0 Å². The first-order chi connectivity index (χ1) is 13.2. The number of rotatable bonds is 5. The predicted octanol–water partition coefficient (Wildman–Crippen LogP) is 3.09. The van der Waals surface area contributed by atoms with Crippen LogP contribution in [0, 0.1) is 0 Å². The number of carbonyl (C=O) groups excluding carboxylic acids is 1. The van der Waals surface area contributed by atoms with E-state index in [9.17, 15) is 4.79 Å². The zero-order valence-electron chi connectivity index (χ0n) is 14.6. The van der Waals surface area contributed by atoms with Gasteiger partial charge in [0.2, 0.25) is 17.6 Å². The van der Waals surface area contributed by atoms with Crippen molar-refractivity contribution < 1.29 is 13.7 Å². The van der Waals surface area contributed by atoms with Crippen LogP contribution in [0.3, 0.4) is 0 Å². The van der Waals surface area contributed by atoms with Crippen molar-refractivity contribution in [3.8, 4) is 11.6 Å². The second-order valence-electron chi connectivity index (χ2n) is 6.35. The molecule has 1 fully saturated rings. The molecule has 0 radical (unpaired) electrons. The first kappa shape index (κ1) is 17.8. The highest BCUT2D eigenvalue weighted by atomic mass is 35.5. The van der Waals surface area contributed by atoms with Gasteiger partial charge in [-0.3, -0.25) is 4.79 Å². The number of hydrogen-bond acceptors (Lipinski definition) is 6. The van der Waals surface area contributed by atoms with Crippen LogP contribution in [0.1, 0.15) is 23.9 Å². The summed E-state index contributed by atoms with van der Waals surface area (Å²) in [6, 6.07) is 11.1. The first-order valence-corrected chi connectivity index (χ1v) is 9.20. The normalized spacial score (nSPS) is 17.2. The summed E-state index contributed by atoms with van der Waals surface area (Å²) in [6.45, 7) is 2.12. The Morgan fingerprint density at radius 2 is 2.26 bits per heavy atom. The van der Waals surface area contributed by atoms with Crippen LogP contribution in [0.15, 0.2) is 51.6 Å². The summed E-state index contributed by atoms with van der Waals surface area (Å²) in [5, 5.41) is 7.90. The fourth-order valence-electron chi connectivity index (χ4n) is 3.23. The number of benzene rings is 1. The summed E-state index contributed by atoms with van der Waals surface area (Å²) in [7, 11) is 0. The molecule has 1 aromatic carbocycles. The summed E-state index contributed by atoms with van der Waals surface area (Å²) >= 11 is 6.12. The second-order valence-corrected chi connectivity index (χ2v) is 6.79. The number of hydrogen-bond donors (Lipinski definition) is 1. The Morgan fingerprint density at radius 1 is 1.33 bits per heavy atom. The minimum Gasteiger partial charge on any atom is -0.461 e. The van der Waals surface area contributed by atoms with Crippen LogP contribution in [0.4, 0.5) is 0 Å². The quantitative estimate of drug-likeness (QED) is 0.725. The average Bonchev–Trinajstić information content (AvgIpc) is 3.38. The highest BCUT2D eigenvalue weighted by molar-refractivity contribution is 6.30.